The number of hydrogen-bond donors (Lipinski definition) is 3. The predicted molar refractivity (Wildman–Crippen MR) is 81.8 cm³/mol. The molecule has 0 amide bonds. The summed E-state index contributed by atoms with van der Waals surface area (Å²) < 4.78 is 0. The summed E-state index contributed by atoms with van der Waals surface area (Å²) >= 11 is 0. The Morgan fingerprint density at radius 1 is 1.12 bits per heavy atom. The number of anilines is 1. The van der Waals surface area contributed by atoms with Gasteiger partial charge in [0.15, 0.2) is 0 Å². The van der Waals surface area contributed by atoms with Gasteiger partial charge in [-0.1, -0.05) is 25.1 Å². The molecule has 0 aliphatic carbocycles. The first-order valence-electron chi connectivity index (χ1n) is 4.43. The maximum absolute atomic E-state index is 8.13. The Labute approximate surface area is 122 Å². The van der Waals surface area contributed by atoms with E-state index in [1.54, 1.807) is 0 Å². The van der Waals surface area contributed by atoms with Crippen LogP contribution in [0.4, 0.5) is 5.69 Å². The molecule has 1 aromatic carbocycles. The highest BCUT2D eigenvalue weighted by Gasteiger charge is 1.72. The lowest BCUT2D eigenvalue weighted by Crippen LogP contribution is -2.16. The molecule has 6 N–H and O–H groups in total. The number of likely N-dealkylation sites (N-methyl/N-ethyl adjacent to an activating group) is 1. The number of nitrogen functional groups attached to an aromatic ring is 1. The van der Waals surface area contributed by atoms with Crippen LogP contribution in [0.25, 0.3) is 0 Å². The van der Waals surface area contributed by atoms with Crippen molar-refractivity contribution in [2.24, 2.45) is 0 Å². The fraction of sp³-hybridized carbons (Fsp3) is 0.400. The fourth-order valence-electron chi connectivity index (χ4n) is 0.709. The number of hydrogen-bond acceptors (Lipinski definition) is 3. The summed E-state index contributed by atoms with van der Waals surface area (Å²) in [5.74, 6) is 0. The van der Waals surface area contributed by atoms with Gasteiger partial charge >= 0.3 is 0 Å². The number of para-hydroxylation sites is 1. The summed E-state index contributed by atoms with van der Waals surface area (Å²) in [6.07, 6.45) is 0. The minimum atomic E-state index is 0. The molecule has 4 nitrogen and oxygen atoms in total. The van der Waals surface area contributed by atoms with Crippen molar-refractivity contribution in [2.75, 3.05) is 25.4 Å². The van der Waals surface area contributed by atoms with Crippen LogP contribution in [0.3, 0.4) is 0 Å². The van der Waals surface area contributed by atoms with Crippen LogP contribution in [0.2, 0.25) is 0 Å². The Bertz CT molecular complexity index is 200. The molecular weight excluding hydrogens is 286 g/mol. The highest BCUT2D eigenvalue weighted by atomic mass is 35.5. The summed E-state index contributed by atoms with van der Waals surface area (Å²) in [6, 6.07) is 9.49. The highest BCUT2D eigenvalue weighted by Crippen LogP contribution is 1.95. The zero-order chi connectivity index (χ0) is 9.94. The third kappa shape index (κ3) is 25.8. The summed E-state index contributed by atoms with van der Waals surface area (Å²) in [5.41, 5.74) is 6.18. The SMILES string of the molecule is CCNCCO.Cl.Cl.Cl.Nc1ccccc1.O. The van der Waals surface area contributed by atoms with Crippen LogP contribution in [0.15, 0.2) is 30.3 Å². The van der Waals surface area contributed by atoms with Crippen molar-refractivity contribution < 1.29 is 10.6 Å². The molecule has 106 valence electrons. The van der Waals surface area contributed by atoms with Crippen molar-refractivity contribution in [3.63, 3.8) is 0 Å². The molecule has 0 unspecified atom stereocenters. The summed E-state index contributed by atoms with van der Waals surface area (Å²) in [4.78, 5) is 0. The van der Waals surface area contributed by atoms with Gasteiger partial charge in [-0.15, -0.1) is 37.2 Å². The van der Waals surface area contributed by atoms with Gasteiger partial charge in [0.05, 0.1) is 6.61 Å². The quantitative estimate of drug-likeness (QED) is 0.580. The number of rotatable bonds is 3. The maximum Gasteiger partial charge on any atom is 0.0555 e. The van der Waals surface area contributed by atoms with Crippen LogP contribution in [-0.4, -0.2) is 30.3 Å². The molecule has 0 saturated heterocycles. The molecule has 0 radical (unpaired) electrons. The van der Waals surface area contributed by atoms with E-state index in [1.165, 1.54) is 0 Å². The van der Waals surface area contributed by atoms with E-state index in [0.717, 1.165) is 18.8 Å². The van der Waals surface area contributed by atoms with Crippen molar-refractivity contribution in [3.05, 3.63) is 30.3 Å². The molecule has 0 aliphatic heterocycles. The minimum absolute atomic E-state index is 0. The lowest BCUT2D eigenvalue weighted by Gasteiger charge is -1.91. The van der Waals surface area contributed by atoms with Gasteiger partial charge in [-0.25, -0.2) is 0 Å². The lowest BCUT2D eigenvalue weighted by molar-refractivity contribution is 0.293. The molecule has 17 heavy (non-hydrogen) atoms. The van der Waals surface area contributed by atoms with E-state index in [1.807, 2.05) is 37.3 Å². The van der Waals surface area contributed by atoms with Crippen LogP contribution in [-0.2, 0) is 0 Å². The third-order valence-corrected chi connectivity index (χ3v) is 1.34. The van der Waals surface area contributed by atoms with Crippen LogP contribution in [0, 0.1) is 0 Å². The molecule has 1 aromatic rings. The van der Waals surface area contributed by atoms with Crippen LogP contribution in [0.5, 0.6) is 0 Å². The van der Waals surface area contributed by atoms with Crippen molar-refractivity contribution in [1.82, 2.24) is 5.32 Å². The van der Waals surface area contributed by atoms with E-state index in [4.69, 9.17) is 10.8 Å². The molecule has 0 atom stereocenters. The maximum atomic E-state index is 8.13. The van der Waals surface area contributed by atoms with Gasteiger partial charge in [0, 0.05) is 12.2 Å². The molecule has 0 heterocycles. The van der Waals surface area contributed by atoms with Crippen molar-refractivity contribution >= 4 is 42.9 Å². The number of aliphatic hydroxyl groups excluding tert-OH is 1. The Morgan fingerprint density at radius 2 is 1.59 bits per heavy atom. The average molecular weight is 310 g/mol. The topological polar surface area (TPSA) is 89.8 Å². The molecule has 0 fully saturated rings. The van der Waals surface area contributed by atoms with Gasteiger partial charge in [-0.05, 0) is 18.7 Å². The van der Waals surface area contributed by atoms with Gasteiger partial charge < -0.3 is 21.6 Å². The molecule has 0 aromatic heterocycles. The number of aliphatic hydroxyl groups is 1. The first-order chi connectivity index (χ1) is 6.31. The third-order valence-electron chi connectivity index (χ3n) is 1.34. The van der Waals surface area contributed by atoms with Gasteiger partial charge in [-0.2, -0.15) is 0 Å². The van der Waals surface area contributed by atoms with Crippen molar-refractivity contribution in [2.45, 2.75) is 6.92 Å². The highest BCUT2D eigenvalue weighted by molar-refractivity contribution is 5.86. The number of nitrogens with two attached hydrogens (primary N) is 1. The second kappa shape index (κ2) is 24.8. The van der Waals surface area contributed by atoms with E-state index in [9.17, 15) is 0 Å². The van der Waals surface area contributed by atoms with Crippen LogP contribution < -0.4 is 11.1 Å². The molecular formula is C10H23Cl3N2O2. The van der Waals surface area contributed by atoms with Crippen molar-refractivity contribution in [3.8, 4) is 0 Å². The molecule has 7 heteroatoms. The normalized spacial score (nSPS) is 6.71. The number of halogens is 3. The van der Waals surface area contributed by atoms with E-state index in [0.29, 0.717) is 0 Å². The van der Waals surface area contributed by atoms with Gasteiger partial charge in [0.25, 0.3) is 0 Å². The Kier molecular flexibility index (Phi) is 44.0. The lowest BCUT2D eigenvalue weighted by atomic mass is 10.3. The van der Waals surface area contributed by atoms with E-state index in [-0.39, 0.29) is 49.3 Å². The van der Waals surface area contributed by atoms with Gasteiger partial charge in [0.1, 0.15) is 0 Å². The molecule has 1 rings (SSSR count). The van der Waals surface area contributed by atoms with Gasteiger partial charge in [-0.3, -0.25) is 0 Å². The first-order valence-corrected chi connectivity index (χ1v) is 4.43. The first kappa shape index (κ1) is 30.1. The summed E-state index contributed by atoms with van der Waals surface area (Å²) in [6.45, 7) is 3.92. The molecule has 0 saturated carbocycles. The molecule has 0 bridgehead atoms. The van der Waals surface area contributed by atoms with Crippen LogP contribution >= 0.6 is 37.2 Å². The van der Waals surface area contributed by atoms with E-state index >= 15 is 0 Å². The summed E-state index contributed by atoms with van der Waals surface area (Å²) in [7, 11) is 0. The Hall–Kier alpha value is -0.230. The predicted octanol–water partition coefficient (Wildman–Crippen LogP) is 1.30. The minimum Gasteiger partial charge on any atom is -0.412 e. The van der Waals surface area contributed by atoms with Crippen molar-refractivity contribution in [1.29, 1.82) is 0 Å². The zero-order valence-corrected chi connectivity index (χ0v) is 12.2. The van der Waals surface area contributed by atoms with Gasteiger partial charge in [0.2, 0.25) is 0 Å². The summed E-state index contributed by atoms with van der Waals surface area (Å²) in [5, 5.41) is 11.1. The van der Waals surface area contributed by atoms with E-state index in [2.05, 4.69) is 5.32 Å². The number of nitrogens with one attached hydrogen (secondary N) is 1. The fourth-order valence-corrected chi connectivity index (χ4v) is 0.709. The Balaban J connectivity index is -0.0000000462. The zero-order valence-electron chi connectivity index (χ0n) is 9.76. The second-order valence-electron chi connectivity index (χ2n) is 2.49. The Morgan fingerprint density at radius 3 is 1.76 bits per heavy atom. The van der Waals surface area contributed by atoms with Crippen LogP contribution in [0.1, 0.15) is 6.92 Å². The monoisotopic (exact) mass is 308 g/mol. The van der Waals surface area contributed by atoms with E-state index < -0.39 is 0 Å². The second-order valence-corrected chi connectivity index (χ2v) is 2.49. The number of benzene rings is 1. The smallest absolute Gasteiger partial charge is 0.0555 e. The molecule has 0 aliphatic rings. The molecule has 0 spiro atoms. The average Bonchev–Trinajstić information content (AvgIpc) is 2.17. The standard InChI is InChI=1S/C6H7N.C4H11NO.3ClH.H2O/c7-6-4-2-1-3-5-6;1-2-5-3-4-6;;;;/h1-5H,7H2;5-6H,2-4H2,1H3;3*1H;1H2. The largest absolute Gasteiger partial charge is 0.412 e.